The molecule has 10 nitrogen and oxygen atoms in total. The first-order chi connectivity index (χ1) is 21.2. The van der Waals surface area contributed by atoms with Gasteiger partial charge in [0.1, 0.15) is 22.5 Å². The van der Waals surface area contributed by atoms with Crippen molar-refractivity contribution in [3.8, 4) is 17.2 Å². The number of unbranched alkanes of at least 4 members (excludes halogenated alkanes) is 1. The third-order valence-corrected chi connectivity index (χ3v) is 8.54. The van der Waals surface area contributed by atoms with Crippen LogP contribution in [0.5, 0.6) is 17.2 Å². The number of rotatable bonds is 11. The van der Waals surface area contributed by atoms with Crippen molar-refractivity contribution >= 4 is 39.9 Å². The summed E-state index contributed by atoms with van der Waals surface area (Å²) in [5.74, 6) is -0.941. The van der Waals surface area contributed by atoms with Crippen LogP contribution in [0.4, 0.5) is 5.13 Å². The quantitative estimate of drug-likeness (QED) is 0.0883. The van der Waals surface area contributed by atoms with Gasteiger partial charge in [-0.1, -0.05) is 30.7 Å². The van der Waals surface area contributed by atoms with E-state index in [0.29, 0.717) is 48.0 Å². The molecule has 2 aliphatic rings. The fourth-order valence-electron chi connectivity index (χ4n) is 5.35. The molecule has 2 aromatic carbocycles. The maximum atomic E-state index is 13.7. The zero-order valence-electron chi connectivity index (χ0n) is 25.5. The molecule has 232 valence electrons. The number of hydrogen-bond acceptors (Lipinski definition) is 10. The summed E-state index contributed by atoms with van der Waals surface area (Å²) in [6, 6.07) is 9.33. The van der Waals surface area contributed by atoms with Crippen LogP contribution >= 0.6 is 11.3 Å². The number of fused-ring (bicyclic) bond motifs is 1. The number of hydrogen-bond donors (Lipinski definition) is 1. The fraction of sp³-hybridized carbons (Fsp3) is 0.394. The third-order valence-electron chi connectivity index (χ3n) is 7.40. The first kappa shape index (κ1) is 31.1. The minimum atomic E-state index is -1.07. The molecule has 1 aromatic heterocycles. The van der Waals surface area contributed by atoms with Gasteiger partial charge in [0.15, 0.2) is 16.6 Å². The highest BCUT2D eigenvalue weighted by Crippen LogP contribution is 2.46. The molecule has 2 unspecified atom stereocenters. The Bertz CT molecular complexity index is 1630. The molecule has 0 spiro atoms. The highest BCUT2D eigenvalue weighted by molar-refractivity contribution is 7.17. The Hall–Kier alpha value is -4.38. The molecule has 2 atom stereocenters. The van der Waals surface area contributed by atoms with Crippen LogP contribution in [0, 0.1) is 6.92 Å². The van der Waals surface area contributed by atoms with Gasteiger partial charge in [-0.05, 0) is 75.6 Å². The molecule has 0 bridgehead atoms. The number of benzene rings is 2. The van der Waals surface area contributed by atoms with E-state index in [9.17, 15) is 19.5 Å². The van der Waals surface area contributed by atoms with Gasteiger partial charge < -0.3 is 24.1 Å². The Labute approximate surface area is 260 Å². The lowest BCUT2D eigenvalue weighted by atomic mass is 9.94. The van der Waals surface area contributed by atoms with E-state index in [2.05, 4.69) is 11.9 Å². The zero-order valence-corrected chi connectivity index (χ0v) is 26.3. The number of anilines is 1. The van der Waals surface area contributed by atoms with E-state index >= 15 is 0 Å². The first-order valence-electron chi connectivity index (χ1n) is 14.8. The first-order valence-corrected chi connectivity index (χ1v) is 15.6. The molecule has 0 saturated carbocycles. The lowest BCUT2D eigenvalue weighted by Gasteiger charge is -2.24. The van der Waals surface area contributed by atoms with E-state index in [-0.39, 0.29) is 34.1 Å². The normalized spacial score (nSPS) is 18.7. The number of amides is 1. The SMILES string of the molecule is CCCCOc1ccc(C2C(=C(O)c3ccc4c(c3)CC(C)O4)C(=O)C(=O)N2c2nc(C)c(C(=O)OCC)s2)cc1OCC. The summed E-state index contributed by atoms with van der Waals surface area (Å²) in [6.07, 6.45) is 2.47. The molecular weight excluding hydrogens is 584 g/mol. The van der Waals surface area contributed by atoms with Gasteiger partial charge in [0.25, 0.3) is 5.78 Å². The number of aromatic nitrogens is 1. The number of aliphatic hydroxyl groups excluding tert-OH is 1. The van der Waals surface area contributed by atoms with Crippen molar-refractivity contribution in [1.29, 1.82) is 0 Å². The minimum Gasteiger partial charge on any atom is -0.507 e. The van der Waals surface area contributed by atoms with Gasteiger partial charge in [-0.3, -0.25) is 14.5 Å². The van der Waals surface area contributed by atoms with Crippen molar-refractivity contribution in [3.05, 3.63) is 69.2 Å². The Morgan fingerprint density at radius 3 is 2.61 bits per heavy atom. The molecular formula is C33H36N2O8S. The molecule has 44 heavy (non-hydrogen) atoms. The summed E-state index contributed by atoms with van der Waals surface area (Å²) in [7, 11) is 0. The van der Waals surface area contributed by atoms with Crippen molar-refractivity contribution in [1.82, 2.24) is 4.98 Å². The molecule has 1 saturated heterocycles. The lowest BCUT2D eigenvalue weighted by Crippen LogP contribution is -2.29. The average Bonchev–Trinajstić information content (AvgIpc) is 3.65. The van der Waals surface area contributed by atoms with Gasteiger partial charge in [0.2, 0.25) is 0 Å². The van der Waals surface area contributed by atoms with Crippen molar-refractivity contribution in [3.63, 3.8) is 0 Å². The highest BCUT2D eigenvalue weighted by Gasteiger charge is 2.49. The van der Waals surface area contributed by atoms with Crippen molar-refractivity contribution in [2.45, 2.75) is 66.0 Å². The number of nitrogens with zero attached hydrogens (tertiary/aromatic N) is 2. The number of ether oxygens (including phenoxy) is 4. The zero-order chi connectivity index (χ0) is 31.5. The number of aryl methyl sites for hydroxylation is 1. The summed E-state index contributed by atoms with van der Waals surface area (Å²) >= 11 is 0.957. The van der Waals surface area contributed by atoms with Crippen LogP contribution in [0.1, 0.15) is 78.6 Å². The summed E-state index contributed by atoms with van der Waals surface area (Å²) in [6.45, 7) is 10.3. The number of carbonyl (C=O) groups excluding carboxylic acids is 3. The fourth-order valence-corrected chi connectivity index (χ4v) is 6.34. The van der Waals surface area contributed by atoms with Crippen LogP contribution in [0.15, 0.2) is 42.0 Å². The van der Waals surface area contributed by atoms with Crippen molar-refractivity contribution in [2.75, 3.05) is 24.7 Å². The standard InChI is InChI=1S/C33H36N2O8S/c1-6-9-14-42-24-13-10-20(17-25(24)40-7-2)27-26(28(36)21-11-12-23-22(16-21)15-18(4)43-23)29(37)31(38)35(27)33-34-19(5)30(44-33)32(39)41-8-3/h10-13,16-18,27,36H,6-9,14-15H2,1-5H3. The van der Waals surface area contributed by atoms with Gasteiger partial charge in [-0.2, -0.15) is 0 Å². The largest absolute Gasteiger partial charge is 0.507 e. The lowest BCUT2D eigenvalue weighted by molar-refractivity contribution is -0.132. The van der Waals surface area contributed by atoms with Crippen LogP contribution in [0.2, 0.25) is 0 Å². The topological polar surface area (TPSA) is 124 Å². The predicted octanol–water partition coefficient (Wildman–Crippen LogP) is 6.16. The number of Topliss-reactive ketones (excluding diaryl/α,β-unsaturated/α-hetero) is 1. The van der Waals surface area contributed by atoms with E-state index in [1.165, 1.54) is 4.90 Å². The van der Waals surface area contributed by atoms with Gasteiger partial charge in [-0.25, -0.2) is 9.78 Å². The van der Waals surface area contributed by atoms with Crippen LogP contribution in [-0.4, -0.2) is 53.7 Å². The Balaban J connectivity index is 1.67. The van der Waals surface area contributed by atoms with Crippen LogP contribution in [-0.2, 0) is 20.7 Å². The van der Waals surface area contributed by atoms with Crippen LogP contribution < -0.4 is 19.1 Å². The average molecular weight is 621 g/mol. The molecule has 0 aliphatic carbocycles. The van der Waals surface area contributed by atoms with Gasteiger partial charge >= 0.3 is 11.9 Å². The predicted molar refractivity (Wildman–Crippen MR) is 166 cm³/mol. The second-order valence-electron chi connectivity index (χ2n) is 10.6. The van der Waals surface area contributed by atoms with E-state index in [4.69, 9.17) is 18.9 Å². The third kappa shape index (κ3) is 5.88. The van der Waals surface area contributed by atoms with Gasteiger partial charge in [0.05, 0.1) is 37.1 Å². The number of ketones is 1. The van der Waals surface area contributed by atoms with E-state index in [1.54, 1.807) is 50.2 Å². The van der Waals surface area contributed by atoms with Gasteiger partial charge in [-0.15, -0.1) is 0 Å². The molecule has 1 N–H and O–H groups in total. The number of esters is 1. The van der Waals surface area contributed by atoms with Crippen LogP contribution in [0.3, 0.4) is 0 Å². The summed E-state index contributed by atoms with van der Waals surface area (Å²) < 4.78 is 22.8. The number of thiazole rings is 1. The molecule has 2 aliphatic heterocycles. The molecule has 1 amide bonds. The van der Waals surface area contributed by atoms with Crippen molar-refractivity contribution in [2.24, 2.45) is 0 Å². The van der Waals surface area contributed by atoms with E-state index < -0.39 is 23.7 Å². The Kier molecular flexibility index (Phi) is 9.24. The second kappa shape index (κ2) is 13.1. The summed E-state index contributed by atoms with van der Waals surface area (Å²) in [5, 5.41) is 11.8. The molecule has 5 rings (SSSR count). The Morgan fingerprint density at radius 2 is 1.89 bits per heavy atom. The monoisotopic (exact) mass is 620 g/mol. The van der Waals surface area contributed by atoms with Crippen molar-refractivity contribution < 1.29 is 38.4 Å². The van der Waals surface area contributed by atoms with E-state index in [0.717, 1.165) is 35.5 Å². The molecule has 3 heterocycles. The maximum absolute atomic E-state index is 13.7. The summed E-state index contributed by atoms with van der Waals surface area (Å²) in [4.78, 5) is 46.1. The molecule has 11 heteroatoms. The number of aliphatic hydroxyl groups is 1. The maximum Gasteiger partial charge on any atom is 0.350 e. The van der Waals surface area contributed by atoms with Crippen LogP contribution in [0.25, 0.3) is 5.76 Å². The van der Waals surface area contributed by atoms with E-state index in [1.807, 2.05) is 13.8 Å². The second-order valence-corrected chi connectivity index (χ2v) is 11.6. The molecule has 1 fully saturated rings. The smallest absolute Gasteiger partial charge is 0.350 e. The molecule has 0 radical (unpaired) electrons. The number of carbonyl (C=O) groups is 3. The minimum absolute atomic E-state index is 0.00948. The summed E-state index contributed by atoms with van der Waals surface area (Å²) in [5.41, 5.74) is 2.05. The Morgan fingerprint density at radius 1 is 1.09 bits per heavy atom. The van der Waals surface area contributed by atoms with Gasteiger partial charge in [0, 0.05) is 12.0 Å². The molecule has 3 aromatic rings. The highest BCUT2D eigenvalue weighted by atomic mass is 32.1.